The lowest BCUT2D eigenvalue weighted by atomic mass is 10.2. The summed E-state index contributed by atoms with van der Waals surface area (Å²) in [4.78, 5) is 3.00. The van der Waals surface area contributed by atoms with Gasteiger partial charge < -0.3 is 10.3 Å². The minimum Gasteiger partial charge on any atom is -0.367 e. The number of hydrogen-bond acceptors (Lipinski definition) is 1. The maximum atomic E-state index is 3.13. The molecule has 2 N–H and O–H groups in total. The van der Waals surface area contributed by atoms with Gasteiger partial charge in [0.25, 0.3) is 0 Å². The Morgan fingerprint density at radius 1 is 1.64 bits per heavy atom. The first-order chi connectivity index (χ1) is 5.33. The predicted octanol–water partition coefficient (Wildman–Crippen LogP) is 1.64. The van der Waals surface area contributed by atoms with Crippen molar-refractivity contribution in [2.45, 2.75) is 13.0 Å². The molecule has 0 aliphatic carbocycles. The second-order valence-electron chi connectivity index (χ2n) is 2.58. The molecular weight excluding hydrogens is 136 g/mol. The summed E-state index contributed by atoms with van der Waals surface area (Å²) in [5.41, 5.74) is 1.21. The van der Waals surface area contributed by atoms with E-state index in [1.807, 2.05) is 25.5 Å². The summed E-state index contributed by atoms with van der Waals surface area (Å²) in [5, 5.41) is 3.13. The highest BCUT2D eigenvalue weighted by molar-refractivity contribution is 5.48. The Kier molecular flexibility index (Phi) is 2.93. The molecule has 0 amide bonds. The molecule has 2 heteroatoms. The van der Waals surface area contributed by atoms with E-state index >= 15 is 0 Å². The Bertz CT molecular complexity index is 211. The van der Waals surface area contributed by atoms with E-state index in [-0.39, 0.29) is 0 Å². The maximum Gasteiger partial charge on any atom is 0.0221 e. The number of hydrogen-bond donors (Lipinski definition) is 2. The summed E-state index contributed by atoms with van der Waals surface area (Å²) in [6.45, 7) is 2.11. The number of aromatic nitrogens is 1. The molecule has 0 bridgehead atoms. The molecule has 0 aromatic carbocycles. The summed E-state index contributed by atoms with van der Waals surface area (Å²) in [6.07, 6.45) is 8.11. The highest BCUT2D eigenvalue weighted by Crippen LogP contribution is 1.99. The molecule has 1 rings (SSSR count). The van der Waals surface area contributed by atoms with Gasteiger partial charge in [0.05, 0.1) is 0 Å². The predicted molar refractivity (Wildman–Crippen MR) is 48.3 cm³/mol. The molecule has 1 aromatic heterocycles. The normalized spacial score (nSPS) is 14.0. The first-order valence-electron chi connectivity index (χ1n) is 3.81. The lowest BCUT2D eigenvalue weighted by Crippen LogP contribution is -2.17. The summed E-state index contributed by atoms with van der Waals surface area (Å²) >= 11 is 0. The Hall–Kier alpha value is -1.02. The average molecular weight is 150 g/mol. The molecule has 11 heavy (non-hydrogen) atoms. The zero-order valence-electron chi connectivity index (χ0n) is 6.96. The maximum absolute atomic E-state index is 3.13. The van der Waals surface area contributed by atoms with Crippen molar-refractivity contribution in [3.63, 3.8) is 0 Å². The average Bonchev–Trinajstić information content (AvgIpc) is 2.52. The third kappa shape index (κ3) is 2.60. The van der Waals surface area contributed by atoms with Crippen molar-refractivity contribution in [1.82, 2.24) is 10.3 Å². The molecule has 0 saturated heterocycles. The van der Waals surface area contributed by atoms with Crippen LogP contribution in [0.2, 0.25) is 0 Å². The van der Waals surface area contributed by atoms with Crippen LogP contribution in [0.5, 0.6) is 0 Å². The summed E-state index contributed by atoms with van der Waals surface area (Å²) in [6, 6.07) is 2.48. The van der Waals surface area contributed by atoms with Gasteiger partial charge in [0.15, 0.2) is 0 Å². The van der Waals surface area contributed by atoms with Crippen LogP contribution in [0.3, 0.4) is 0 Å². The van der Waals surface area contributed by atoms with Gasteiger partial charge in [-0.05, 0) is 25.6 Å². The Morgan fingerprint density at radius 2 is 2.45 bits per heavy atom. The molecule has 0 saturated carbocycles. The number of likely N-dealkylation sites (N-methyl/N-ethyl adjacent to an activating group) is 1. The van der Waals surface area contributed by atoms with E-state index in [0.29, 0.717) is 6.04 Å². The second kappa shape index (κ2) is 3.98. The van der Waals surface area contributed by atoms with E-state index in [2.05, 4.69) is 29.4 Å². The van der Waals surface area contributed by atoms with E-state index in [4.69, 9.17) is 0 Å². The van der Waals surface area contributed by atoms with E-state index in [0.717, 1.165) is 0 Å². The van der Waals surface area contributed by atoms with Gasteiger partial charge in [0.2, 0.25) is 0 Å². The van der Waals surface area contributed by atoms with Crippen molar-refractivity contribution < 1.29 is 0 Å². The fraction of sp³-hybridized carbons (Fsp3) is 0.333. The van der Waals surface area contributed by atoms with Crippen molar-refractivity contribution >= 4 is 6.08 Å². The summed E-state index contributed by atoms with van der Waals surface area (Å²) in [7, 11) is 1.95. The van der Waals surface area contributed by atoms with Crippen LogP contribution in [0.25, 0.3) is 6.08 Å². The first-order valence-corrected chi connectivity index (χ1v) is 3.81. The summed E-state index contributed by atoms with van der Waals surface area (Å²) in [5.74, 6) is 0. The largest absolute Gasteiger partial charge is 0.367 e. The molecule has 1 aromatic rings. The van der Waals surface area contributed by atoms with Gasteiger partial charge in [-0.1, -0.05) is 12.2 Å². The molecule has 1 unspecified atom stereocenters. The Morgan fingerprint density at radius 3 is 3.00 bits per heavy atom. The van der Waals surface area contributed by atoms with Gasteiger partial charge in [0, 0.05) is 18.4 Å². The fourth-order valence-corrected chi connectivity index (χ4v) is 0.792. The van der Waals surface area contributed by atoms with Crippen molar-refractivity contribution in [3.8, 4) is 0 Å². The molecule has 1 atom stereocenters. The number of rotatable bonds is 3. The highest BCUT2D eigenvalue weighted by atomic mass is 14.8. The van der Waals surface area contributed by atoms with Crippen molar-refractivity contribution in [1.29, 1.82) is 0 Å². The van der Waals surface area contributed by atoms with E-state index in [1.54, 1.807) is 0 Å². The molecule has 0 radical (unpaired) electrons. The molecule has 0 fully saturated rings. The van der Waals surface area contributed by atoms with Crippen molar-refractivity contribution in [2.75, 3.05) is 7.05 Å². The standard InChI is InChI=1S/C9H14N2/c1-8(10-2)3-4-9-5-6-11-7-9/h3-8,10-11H,1-2H3/b4-3+. The third-order valence-electron chi connectivity index (χ3n) is 1.65. The third-order valence-corrected chi connectivity index (χ3v) is 1.65. The monoisotopic (exact) mass is 150 g/mol. The molecule has 2 nitrogen and oxygen atoms in total. The van der Waals surface area contributed by atoms with E-state index < -0.39 is 0 Å². The fourth-order valence-electron chi connectivity index (χ4n) is 0.792. The Balaban J connectivity index is 2.48. The van der Waals surface area contributed by atoms with Crippen LogP contribution in [0.4, 0.5) is 0 Å². The quantitative estimate of drug-likeness (QED) is 0.673. The van der Waals surface area contributed by atoms with E-state index in [1.165, 1.54) is 5.56 Å². The summed E-state index contributed by atoms with van der Waals surface area (Å²) < 4.78 is 0. The zero-order chi connectivity index (χ0) is 8.10. The number of nitrogens with one attached hydrogen (secondary N) is 2. The number of H-pyrrole nitrogens is 1. The zero-order valence-corrected chi connectivity index (χ0v) is 6.96. The molecule has 0 aliphatic rings. The number of aromatic amines is 1. The topological polar surface area (TPSA) is 27.8 Å². The highest BCUT2D eigenvalue weighted by Gasteiger charge is 1.89. The molecule has 1 heterocycles. The van der Waals surface area contributed by atoms with Gasteiger partial charge in [-0.3, -0.25) is 0 Å². The minimum atomic E-state index is 0.435. The van der Waals surface area contributed by atoms with E-state index in [9.17, 15) is 0 Å². The van der Waals surface area contributed by atoms with Crippen LogP contribution in [-0.2, 0) is 0 Å². The SMILES string of the molecule is CNC(C)/C=C/c1cc[nH]c1. The van der Waals surface area contributed by atoms with Gasteiger partial charge >= 0.3 is 0 Å². The van der Waals surface area contributed by atoms with Crippen LogP contribution in [0.15, 0.2) is 24.5 Å². The molecule has 60 valence electrons. The van der Waals surface area contributed by atoms with Gasteiger partial charge in [-0.2, -0.15) is 0 Å². The van der Waals surface area contributed by atoms with Crippen LogP contribution in [0, 0.1) is 0 Å². The Labute approximate surface area is 67.3 Å². The van der Waals surface area contributed by atoms with Gasteiger partial charge in [0.1, 0.15) is 0 Å². The van der Waals surface area contributed by atoms with Gasteiger partial charge in [-0.15, -0.1) is 0 Å². The van der Waals surface area contributed by atoms with Crippen LogP contribution in [-0.4, -0.2) is 18.1 Å². The minimum absolute atomic E-state index is 0.435. The smallest absolute Gasteiger partial charge is 0.0221 e. The van der Waals surface area contributed by atoms with Crippen LogP contribution >= 0.6 is 0 Å². The van der Waals surface area contributed by atoms with Crippen molar-refractivity contribution in [3.05, 3.63) is 30.1 Å². The molecule has 0 spiro atoms. The van der Waals surface area contributed by atoms with Gasteiger partial charge in [-0.25, -0.2) is 0 Å². The lowest BCUT2D eigenvalue weighted by molar-refractivity contribution is 0.731. The van der Waals surface area contributed by atoms with Crippen molar-refractivity contribution in [2.24, 2.45) is 0 Å². The lowest BCUT2D eigenvalue weighted by Gasteiger charge is -2.00. The first kappa shape index (κ1) is 8.08. The molecule has 0 aliphatic heterocycles. The van der Waals surface area contributed by atoms with Crippen LogP contribution in [0.1, 0.15) is 12.5 Å². The second-order valence-corrected chi connectivity index (χ2v) is 2.58. The van der Waals surface area contributed by atoms with Crippen LogP contribution < -0.4 is 5.32 Å². The molecular formula is C9H14N2.